The SMILES string of the molecule is CCCCCC/C=C/CCCCCCCC(=O)OC[C@H](COP(=O)(O)O)OC(=O)CCCCCCCCCCCCCCCCCCCCCCCC. The van der Waals surface area contributed by atoms with Crippen LogP contribution in [0.1, 0.15) is 239 Å². The summed E-state index contributed by atoms with van der Waals surface area (Å²) in [5.74, 6) is -0.882. The lowest BCUT2D eigenvalue weighted by molar-refractivity contribution is -0.161. The summed E-state index contributed by atoms with van der Waals surface area (Å²) in [6.07, 6.45) is 45.1. The van der Waals surface area contributed by atoms with Crippen molar-refractivity contribution in [2.45, 2.75) is 245 Å². The molecule has 0 saturated heterocycles. The molecule has 2 N–H and O–H groups in total. The second-order valence-corrected chi connectivity index (χ2v) is 16.6. The highest BCUT2D eigenvalue weighted by molar-refractivity contribution is 7.46. The van der Waals surface area contributed by atoms with Gasteiger partial charge in [-0.05, 0) is 38.5 Å². The first-order valence-corrected chi connectivity index (χ1v) is 24.0. The summed E-state index contributed by atoms with van der Waals surface area (Å²) in [4.78, 5) is 42.9. The molecule has 0 aliphatic heterocycles. The van der Waals surface area contributed by atoms with Gasteiger partial charge in [0.05, 0.1) is 6.61 Å². The molecule has 0 rings (SSSR count). The van der Waals surface area contributed by atoms with Crippen LogP contribution in [0.3, 0.4) is 0 Å². The molecule has 9 heteroatoms. The Hall–Kier alpha value is -1.21. The molecule has 53 heavy (non-hydrogen) atoms. The maximum Gasteiger partial charge on any atom is 0.469 e. The molecule has 0 aromatic heterocycles. The van der Waals surface area contributed by atoms with E-state index in [1.807, 2.05) is 0 Å². The minimum Gasteiger partial charge on any atom is -0.462 e. The van der Waals surface area contributed by atoms with Gasteiger partial charge < -0.3 is 19.3 Å². The predicted molar refractivity (Wildman–Crippen MR) is 221 cm³/mol. The molecule has 0 aromatic carbocycles. The second kappa shape index (κ2) is 40.5. The molecular formula is C44H85O8P. The molecule has 314 valence electrons. The number of hydrogen-bond donors (Lipinski definition) is 2. The molecule has 0 bridgehead atoms. The largest absolute Gasteiger partial charge is 0.469 e. The Morgan fingerprint density at radius 3 is 1.17 bits per heavy atom. The fourth-order valence-corrected chi connectivity index (χ4v) is 7.02. The molecule has 0 saturated carbocycles. The molecular weight excluding hydrogens is 687 g/mol. The van der Waals surface area contributed by atoms with Crippen molar-refractivity contribution in [2.24, 2.45) is 0 Å². The van der Waals surface area contributed by atoms with Crippen molar-refractivity contribution in [3.63, 3.8) is 0 Å². The van der Waals surface area contributed by atoms with Crippen molar-refractivity contribution in [1.82, 2.24) is 0 Å². The Morgan fingerprint density at radius 2 is 0.792 bits per heavy atom. The normalized spacial score (nSPS) is 12.5. The van der Waals surface area contributed by atoms with Gasteiger partial charge in [-0.15, -0.1) is 0 Å². The van der Waals surface area contributed by atoms with Crippen LogP contribution in [0.15, 0.2) is 12.2 Å². The van der Waals surface area contributed by atoms with E-state index in [2.05, 4.69) is 30.5 Å². The van der Waals surface area contributed by atoms with Gasteiger partial charge in [-0.25, -0.2) is 4.57 Å². The average molecular weight is 773 g/mol. The van der Waals surface area contributed by atoms with Crippen molar-refractivity contribution in [2.75, 3.05) is 13.2 Å². The van der Waals surface area contributed by atoms with E-state index in [0.29, 0.717) is 6.42 Å². The maximum atomic E-state index is 12.4. The van der Waals surface area contributed by atoms with Crippen LogP contribution in [-0.2, 0) is 28.2 Å². The van der Waals surface area contributed by atoms with Crippen molar-refractivity contribution in [3.05, 3.63) is 12.2 Å². The number of allylic oxidation sites excluding steroid dienone is 2. The molecule has 0 aliphatic carbocycles. The monoisotopic (exact) mass is 773 g/mol. The minimum atomic E-state index is -4.75. The van der Waals surface area contributed by atoms with Crippen LogP contribution in [0, 0.1) is 0 Å². The van der Waals surface area contributed by atoms with Crippen molar-refractivity contribution < 1.29 is 37.9 Å². The number of phosphoric ester groups is 1. The lowest BCUT2D eigenvalue weighted by Gasteiger charge is -2.18. The summed E-state index contributed by atoms with van der Waals surface area (Å²) in [7, 11) is -4.75. The molecule has 0 aromatic rings. The molecule has 0 amide bonds. The predicted octanol–water partition coefficient (Wildman–Crippen LogP) is 13.8. The Labute approximate surface area is 327 Å². The van der Waals surface area contributed by atoms with E-state index in [1.54, 1.807) is 0 Å². The van der Waals surface area contributed by atoms with Gasteiger partial charge in [0, 0.05) is 12.8 Å². The topological polar surface area (TPSA) is 119 Å². The molecule has 0 spiro atoms. The Morgan fingerprint density at radius 1 is 0.472 bits per heavy atom. The van der Waals surface area contributed by atoms with Gasteiger partial charge >= 0.3 is 19.8 Å². The highest BCUT2D eigenvalue weighted by Crippen LogP contribution is 2.36. The average Bonchev–Trinajstić information content (AvgIpc) is 3.13. The Kier molecular flexibility index (Phi) is 39.5. The van der Waals surface area contributed by atoms with E-state index in [4.69, 9.17) is 19.3 Å². The zero-order chi connectivity index (χ0) is 38.9. The van der Waals surface area contributed by atoms with Crippen molar-refractivity contribution in [1.29, 1.82) is 0 Å². The summed E-state index contributed by atoms with van der Waals surface area (Å²) in [6.45, 7) is 3.69. The van der Waals surface area contributed by atoms with E-state index < -0.39 is 32.5 Å². The highest BCUT2D eigenvalue weighted by Gasteiger charge is 2.23. The number of phosphoric acid groups is 1. The van der Waals surface area contributed by atoms with Crippen molar-refractivity contribution in [3.8, 4) is 0 Å². The lowest BCUT2D eigenvalue weighted by Crippen LogP contribution is -2.29. The van der Waals surface area contributed by atoms with E-state index in [0.717, 1.165) is 51.4 Å². The van der Waals surface area contributed by atoms with Gasteiger partial charge in [0.2, 0.25) is 0 Å². The van der Waals surface area contributed by atoms with E-state index in [9.17, 15) is 14.2 Å². The maximum absolute atomic E-state index is 12.4. The summed E-state index contributed by atoms with van der Waals surface area (Å²) >= 11 is 0. The third-order valence-corrected chi connectivity index (χ3v) is 10.5. The van der Waals surface area contributed by atoms with Crippen LogP contribution in [0.4, 0.5) is 0 Å². The molecule has 8 nitrogen and oxygen atoms in total. The van der Waals surface area contributed by atoms with Gasteiger partial charge in [0.15, 0.2) is 6.10 Å². The zero-order valence-corrected chi connectivity index (χ0v) is 35.6. The van der Waals surface area contributed by atoms with Crippen LogP contribution >= 0.6 is 7.82 Å². The van der Waals surface area contributed by atoms with Gasteiger partial charge in [0.25, 0.3) is 0 Å². The first kappa shape index (κ1) is 51.8. The quantitative estimate of drug-likeness (QED) is 0.0272. The van der Waals surface area contributed by atoms with Gasteiger partial charge in [-0.1, -0.05) is 199 Å². The number of ether oxygens (including phenoxy) is 2. The smallest absolute Gasteiger partial charge is 0.462 e. The van der Waals surface area contributed by atoms with Crippen LogP contribution in [0.5, 0.6) is 0 Å². The third kappa shape index (κ3) is 43.4. The molecule has 0 radical (unpaired) electrons. The van der Waals surface area contributed by atoms with Crippen LogP contribution < -0.4 is 0 Å². The van der Waals surface area contributed by atoms with Crippen LogP contribution in [0.25, 0.3) is 0 Å². The van der Waals surface area contributed by atoms with Crippen LogP contribution in [-0.4, -0.2) is 41.0 Å². The summed E-state index contributed by atoms with van der Waals surface area (Å²) in [5, 5.41) is 0. The molecule has 0 aliphatic rings. The van der Waals surface area contributed by atoms with Gasteiger partial charge in [-0.3, -0.25) is 14.1 Å². The second-order valence-electron chi connectivity index (χ2n) is 15.4. The van der Waals surface area contributed by atoms with E-state index >= 15 is 0 Å². The molecule has 0 unspecified atom stereocenters. The molecule has 0 fully saturated rings. The zero-order valence-electron chi connectivity index (χ0n) is 34.7. The number of carbonyl (C=O) groups excluding carboxylic acids is 2. The standard InChI is InChI=1S/C44H85O8P/c1-3-5-7-9-11-13-15-17-18-19-20-21-22-23-24-25-27-29-31-33-35-37-39-44(46)52-42(41-51-53(47,48)49)40-50-43(45)38-36-34-32-30-28-26-16-14-12-10-8-6-4-2/h14,16,42H,3-13,15,17-41H2,1-2H3,(H2,47,48,49)/b16-14+/t42-/m1/s1. The summed E-state index contributed by atoms with van der Waals surface area (Å²) in [5.41, 5.74) is 0. The number of carbonyl (C=O) groups is 2. The lowest BCUT2D eigenvalue weighted by atomic mass is 10.0. The first-order valence-electron chi connectivity index (χ1n) is 22.5. The first-order chi connectivity index (χ1) is 25.8. The van der Waals surface area contributed by atoms with Gasteiger partial charge in [0.1, 0.15) is 6.61 Å². The summed E-state index contributed by atoms with van der Waals surface area (Å²) in [6, 6.07) is 0. The minimum absolute atomic E-state index is 0.217. The summed E-state index contributed by atoms with van der Waals surface area (Å²) < 4.78 is 26.4. The fourth-order valence-electron chi connectivity index (χ4n) is 6.66. The van der Waals surface area contributed by atoms with Gasteiger partial charge in [-0.2, -0.15) is 0 Å². The van der Waals surface area contributed by atoms with E-state index in [-0.39, 0.29) is 19.4 Å². The molecule has 0 heterocycles. The number of rotatable bonds is 42. The Balaban J connectivity index is 3.81. The number of unbranched alkanes of at least 4 members (excludes halogenated alkanes) is 30. The van der Waals surface area contributed by atoms with Crippen LogP contribution in [0.2, 0.25) is 0 Å². The number of hydrogen-bond acceptors (Lipinski definition) is 6. The fraction of sp³-hybridized carbons (Fsp3) is 0.909. The van der Waals surface area contributed by atoms with Crippen molar-refractivity contribution >= 4 is 19.8 Å². The molecule has 1 atom stereocenters. The number of esters is 2. The third-order valence-electron chi connectivity index (χ3n) is 10.0. The Bertz CT molecular complexity index is 873. The highest BCUT2D eigenvalue weighted by atomic mass is 31.2. The van der Waals surface area contributed by atoms with E-state index in [1.165, 1.54) is 154 Å².